The van der Waals surface area contributed by atoms with Gasteiger partial charge in [-0.25, -0.2) is 4.79 Å². The molecule has 1 saturated heterocycles. The van der Waals surface area contributed by atoms with E-state index in [2.05, 4.69) is 15.4 Å². The van der Waals surface area contributed by atoms with E-state index in [0.717, 1.165) is 0 Å². The SMILES string of the molecule is CC(C)(C)OC(=O)NC(C[C@@H]1CCNC1=O)C(=O)C=[N+]=[N-]. The van der Waals surface area contributed by atoms with Gasteiger partial charge >= 0.3 is 12.3 Å². The first-order valence-electron chi connectivity index (χ1n) is 6.71. The van der Waals surface area contributed by atoms with E-state index in [9.17, 15) is 14.4 Å². The van der Waals surface area contributed by atoms with Crippen LogP contribution < -0.4 is 10.6 Å². The van der Waals surface area contributed by atoms with Gasteiger partial charge in [0.1, 0.15) is 11.6 Å². The number of ketones is 1. The van der Waals surface area contributed by atoms with Gasteiger partial charge in [-0.2, -0.15) is 4.79 Å². The van der Waals surface area contributed by atoms with E-state index >= 15 is 0 Å². The number of carbonyl (C=O) groups excluding carboxylic acids is 3. The van der Waals surface area contributed by atoms with E-state index in [4.69, 9.17) is 10.3 Å². The molecule has 1 unspecified atom stereocenters. The van der Waals surface area contributed by atoms with Crippen molar-refractivity contribution in [2.45, 2.75) is 45.3 Å². The topological polar surface area (TPSA) is 121 Å². The molecule has 1 rings (SSSR count). The highest BCUT2D eigenvalue weighted by Crippen LogP contribution is 2.17. The molecule has 1 aliphatic rings. The van der Waals surface area contributed by atoms with Crippen LogP contribution in [0.5, 0.6) is 0 Å². The number of ether oxygens (including phenoxy) is 1. The summed E-state index contributed by atoms with van der Waals surface area (Å²) in [7, 11) is 0. The highest BCUT2D eigenvalue weighted by Gasteiger charge is 2.32. The predicted octanol–water partition coefficient (Wildman–Crippen LogP) is 0.276. The number of amides is 2. The maximum Gasteiger partial charge on any atom is 0.408 e. The fourth-order valence-electron chi connectivity index (χ4n) is 2.00. The Kier molecular flexibility index (Phi) is 5.60. The highest BCUT2D eigenvalue weighted by atomic mass is 16.6. The quantitative estimate of drug-likeness (QED) is 0.430. The second-order valence-corrected chi connectivity index (χ2v) is 5.86. The summed E-state index contributed by atoms with van der Waals surface area (Å²) in [6.07, 6.45) is 0.672. The van der Waals surface area contributed by atoms with Crippen LogP contribution in [-0.2, 0) is 14.3 Å². The van der Waals surface area contributed by atoms with Crippen molar-refractivity contribution in [3.63, 3.8) is 0 Å². The molecule has 2 amide bonds. The zero-order chi connectivity index (χ0) is 16.0. The van der Waals surface area contributed by atoms with Crippen LogP contribution in [0.15, 0.2) is 0 Å². The molecule has 0 aliphatic carbocycles. The van der Waals surface area contributed by atoms with Crippen molar-refractivity contribution in [3.05, 3.63) is 5.53 Å². The van der Waals surface area contributed by atoms with Crippen LogP contribution >= 0.6 is 0 Å². The van der Waals surface area contributed by atoms with E-state index in [1.165, 1.54) is 0 Å². The van der Waals surface area contributed by atoms with Crippen LogP contribution in [0.4, 0.5) is 4.79 Å². The molecule has 8 nitrogen and oxygen atoms in total. The van der Waals surface area contributed by atoms with Gasteiger partial charge in [0.15, 0.2) is 0 Å². The van der Waals surface area contributed by atoms with Gasteiger partial charge < -0.3 is 20.9 Å². The second kappa shape index (κ2) is 6.99. The molecule has 0 aromatic carbocycles. The maximum atomic E-state index is 11.8. The third kappa shape index (κ3) is 5.74. The van der Waals surface area contributed by atoms with E-state index in [1.54, 1.807) is 20.8 Å². The summed E-state index contributed by atoms with van der Waals surface area (Å²) in [5, 5.41) is 5.07. The Morgan fingerprint density at radius 3 is 2.71 bits per heavy atom. The Bertz CT molecular complexity index is 477. The third-order valence-corrected chi connectivity index (χ3v) is 2.90. The number of hydrogen-bond acceptors (Lipinski definition) is 4. The summed E-state index contributed by atoms with van der Waals surface area (Å²) in [6, 6.07) is -0.968. The summed E-state index contributed by atoms with van der Waals surface area (Å²) in [5.41, 5.74) is 7.74. The first kappa shape index (κ1) is 16.8. The van der Waals surface area contributed by atoms with Crippen LogP contribution in [0.3, 0.4) is 0 Å². The monoisotopic (exact) mass is 296 g/mol. The van der Waals surface area contributed by atoms with Crippen molar-refractivity contribution in [1.29, 1.82) is 0 Å². The number of hydrogen-bond donors (Lipinski definition) is 2. The minimum atomic E-state index is -0.968. The zero-order valence-electron chi connectivity index (χ0n) is 12.4. The summed E-state index contributed by atoms with van der Waals surface area (Å²) >= 11 is 0. The molecule has 1 fully saturated rings. The van der Waals surface area contributed by atoms with E-state index < -0.39 is 23.5 Å². The number of nitrogens with one attached hydrogen (secondary N) is 2. The van der Waals surface area contributed by atoms with Gasteiger partial charge in [0.2, 0.25) is 5.91 Å². The maximum absolute atomic E-state index is 11.8. The summed E-state index contributed by atoms with van der Waals surface area (Å²) < 4.78 is 5.08. The number of alkyl carbamates (subject to hydrolysis) is 1. The standard InChI is InChI=1S/C13H20N4O4/c1-13(2,3)21-12(20)17-9(10(18)7-16-14)6-8-4-5-15-11(8)19/h7-9H,4-6H2,1-3H3,(H,15,19)(H,17,20)/t8-,9?/m0/s1. The Labute approximate surface area is 122 Å². The van der Waals surface area contributed by atoms with Crippen molar-refractivity contribution in [1.82, 2.24) is 10.6 Å². The lowest BCUT2D eigenvalue weighted by Gasteiger charge is -2.22. The third-order valence-electron chi connectivity index (χ3n) is 2.90. The Morgan fingerprint density at radius 2 is 2.24 bits per heavy atom. The van der Waals surface area contributed by atoms with Crippen molar-refractivity contribution in [2.24, 2.45) is 5.92 Å². The fraction of sp³-hybridized carbons (Fsp3) is 0.692. The minimum Gasteiger partial charge on any atom is -0.444 e. The van der Waals surface area contributed by atoms with Crippen LogP contribution in [0.2, 0.25) is 0 Å². The molecule has 2 atom stereocenters. The van der Waals surface area contributed by atoms with Gasteiger partial charge in [-0.1, -0.05) is 0 Å². The van der Waals surface area contributed by atoms with Gasteiger partial charge in [-0.05, 0) is 33.6 Å². The molecule has 8 heteroatoms. The Hall–Kier alpha value is -2.21. The van der Waals surface area contributed by atoms with Gasteiger partial charge in [-0.3, -0.25) is 9.59 Å². The summed E-state index contributed by atoms with van der Waals surface area (Å²) in [6.45, 7) is 5.64. The van der Waals surface area contributed by atoms with Crippen LogP contribution in [0, 0.1) is 5.92 Å². The lowest BCUT2D eigenvalue weighted by atomic mass is 9.96. The molecule has 0 spiro atoms. The molecule has 0 bridgehead atoms. The first-order valence-corrected chi connectivity index (χ1v) is 6.71. The lowest BCUT2D eigenvalue weighted by molar-refractivity contribution is -0.123. The first-order chi connectivity index (χ1) is 9.73. The lowest BCUT2D eigenvalue weighted by Crippen LogP contribution is -2.45. The van der Waals surface area contributed by atoms with Gasteiger partial charge in [0.05, 0.1) is 0 Å². The highest BCUT2D eigenvalue weighted by molar-refractivity contribution is 6.28. The van der Waals surface area contributed by atoms with E-state index in [0.29, 0.717) is 19.2 Å². The van der Waals surface area contributed by atoms with E-state index in [-0.39, 0.29) is 18.2 Å². The van der Waals surface area contributed by atoms with Gasteiger partial charge in [-0.15, -0.1) is 0 Å². The smallest absolute Gasteiger partial charge is 0.408 e. The largest absolute Gasteiger partial charge is 0.444 e. The Morgan fingerprint density at radius 1 is 1.57 bits per heavy atom. The molecular formula is C13H20N4O4. The van der Waals surface area contributed by atoms with Crippen LogP contribution in [0.25, 0.3) is 5.53 Å². The molecule has 2 N–H and O–H groups in total. The minimum absolute atomic E-state index is 0.135. The predicted molar refractivity (Wildman–Crippen MR) is 73.6 cm³/mol. The number of carbonyl (C=O) groups is 3. The summed E-state index contributed by atoms with van der Waals surface area (Å²) in [4.78, 5) is 37.8. The fourth-order valence-corrected chi connectivity index (χ4v) is 2.00. The number of Topliss-reactive ketones (excluding diaryl/α,β-unsaturated/α-hetero) is 1. The average molecular weight is 296 g/mol. The van der Waals surface area contributed by atoms with Crippen molar-refractivity contribution >= 4 is 24.0 Å². The molecule has 21 heavy (non-hydrogen) atoms. The Balaban J connectivity index is 2.72. The molecule has 0 radical (unpaired) electrons. The molecular weight excluding hydrogens is 276 g/mol. The zero-order valence-corrected chi connectivity index (χ0v) is 12.4. The van der Waals surface area contributed by atoms with Gasteiger partial charge in [0.25, 0.3) is 5.78 Å². The molecule has 0 aromatic heterocycles. The van der Waals surface area contributed by atoms with Crippen LogP contribution in [0.1, 0.15) is 33.6 Å². The molecule has 116 valence electrons. The molecule has 0 aromatic rings. The van der Waals surface area contributed by atoms with Crippen molar-refractivity contribution < 1.29 is 23.9 Å². The second-order valence-electron chi connectivity index (χ2n) is 5.86. The molecule has 1 heterocycles. The van der Waals surface area contributed by atoms with E-state index in [1.807, 2.05) is 0 Å². The molecule has 0 saturated carbocycles. The molecule has 1 aliphatic heterocycles. The number of nitrogens with zero attached hydrogens (tertiary/aromatic N) is 2. The van der Waals surface area contributed by atoms with Crippen molar-refractivity contribution in [2.75, 3.05) is 6.54 Å². The van der Waals surface area contributed by atoms with Crippen molar-refractivity contribution in [3.8, 4) is 0 Å². The summed E-state index contributed by atoms with van der Waals surface area (Å²) in [5.74, 6) is -1.11. The number of rotatable bonds is 5. The van der Waals surface area contributed by atoms with Gasteiger partial charge in [0, 0.05) is 12.5 Å². The van der Waals surface area contributed by atoms with Crippen LogP contribution in [-0.4, -0.2) is 47.0 Å². The average Bonchev–Trinajstić information content (AvgIpc) is 2.72. The normalized spacial score (nSPS) is 19.2.